The second kappa shape index (κ2) is 11.9. The summed E-state index contributed by atoms with van der Waals surface area (Å²) in [4.78, 5) is 0. The van der Waals surface area contributed by atoms with E-state index in [9.17, 15) is 5.11 Å². The molecule has 4 atom stereocenters. The van der Waals surface area contributed by atoms with Gasteiger partial charge in [-0.15, -0.1) is 0 Å². The number of ether oxygens (including phenoxy) is 1. The summed E-state index contributed by atoms with van der Waals surface area (Å²) in [5, 5.41) is 10.9. The van der Waals surface area contributed by atoms with Crippen molar-refractivity contribution in [2.45, 2.75) is 64.1 Å². The summed E-state index contributed by atoms with van der Waals surface area (Å²) in [6, 6.07) is 20.6. The molecule has 1 aliphatic heterocycles. The Labute approximate surface area is 176 Å². The van der Waals surface area contributed by atoms with Gasteiger partial charge in [0.15, 0.2) is 0 Å². The number of aliphatic hydroxyl groups is 1. The molecule has 156 valence electrons. The van der Waals surface area contributed by atoms with E-state index in [-0.39, 0.29) is 12.0 Å². The molecule has 0 radical (unpaired) electrons. The maximum Gasteiger partial charge on any atom is 0.0856 e. The van der Waals surface area contributed by atoms with Gasteiger partial charge < -0.3 is 9.84 Å². The number of allylic oxidation sites excluding steroid dienone is 2. The molecule has 29 heavy (non-hydrogen) atoms. The van der Waals surface area contributed by atoms with Crippen molar-refractivity contribution in [1.29, 1.82) is 0 Å². The lowest BCUT2D eigenvalue weighted by Gasteiger charge is -2.38. The molecule has 3 rings (SSSR count). The van der Waals surface area contributed by atoms with Gasteiger partial charge in [0.05, 0.1) is 18.8 Å². The minimum atomic E-state index is -0.464. The topological polar surface area (TPSA) is 29.5 Å². The fraction of sp³-hybridized carbons (Fsp3) is 0.481. The maximum absolute atomic E-state index is 10.9. The highest BCUT2D eigenvalue weighted by atomic mass is 16.5. The Kier molecular flexibility index (Phi) is 8.98. The fourth-order valence-corrected chi connectivity index (χ4v) is 4.40. The molecule has 1 fully saturated rings. The molecule has 2 aromatic carbocycles. The molecule has 2 aromatic rings. The maximum atomic E-state index is 10.9. The molecule has 2 heteroatoms. The predicted molar refractivity (Wildman–Crippen MR) is 121 cm³/mol. The number of aliphatic hydroxyl groups excluding tert-OH is 1. The molecule has 0 spiro atoms. The van der Waals surface area contributed by atoms with Gasteiger partial charge in [-0.2, -0.15) is 0 Å². The van der Waals surface area contributed by atoms with Crippen molar-refractivity contribution in [2.75, 3.05) is 6.61 Å². The molecule has 1 heterocycles. The largest absolute Gasteiger partial charge is 0.388 e. The molecule has 0 bridgehead atoms. The van der Waals surface area contributed by atoms with Gasteiger partial charge >= 0.3 is 0 Å². The number of hydrogen-bond donors (Lipinski definition) is 1. The summed E-state index contributed by atoms with van der Waals surface area (Å²) in [6.45, 7) is 2.86. The van der Waals surface area contributed by atoms with Crippen molar-refractivity contribution < 1.29 is 9.84 Å². The predicted octanol–water partition coefficient (Wildman–Crippen LogP) is 7.03. The highest BCUT2D eigenvalue weighted by Crippen LogP contribution is 2.42. The van der Waals surface area contributed by atoms with E-state index in [0.29, 0.717) is 12.5 Å². The zero-order valence-electron chi connectivity index (χ0n) is 17.7. The average Bonchev–Trinajstić information content (AvgIpc) is 2.79. The van der Waals surface area contributed by atoms with Crippen LogP contribution in [0.5, 0.6) is 0 Å². The Bertz CT molecular complexity index is 710. The first-order valence-electron chi connectivity index (χ1n) is 11.3. The lowest BCUT2D eigenvalue weighted by Crippen LogP contribution is -2.32. The summed E-state index contributed by atoms with van der Waals surface area (Å²) in [6.07, 6.45) is 12.7. The van der Waals surface area contributed by atoms with Gasteiger partial charge in [0, 0.05) is 5.92 Å². The van der Waals surface area contributed by atoms with Crippen LogP contribution in [0.25, 0.3) is 0 Å². The molecule has 0 aliphatic carbocycles. The summed E-state index contributed by atoms with van der Waals surface area (Å²) < 4.78 is 6.35. The lowest BCUT2D eigenvalue weighted by atomic mass is 9.79. The van der Waals surface area contributed by atoms with E-state index in [0.717, 1.165) is 18.4 Å². The molecule has 0 aromatic heterocycles. The summed E-state index contributed by atoms with van der Waals surface area (Å²) >= 11 is 0. The van der Waals surface area contributed by atoms with Crippen LogP contribution in [0.15, 0.2) is 72.8 Å². The highest BCUT2D eigenvalue weighted by molar-refractivity contribution is 5.21. The second-order valence-electron chi connectivity index (χ2n) is 8.33. The Balaban J connectivity index is 1.63. The van der Waals surface area contributed by atoms with Crippen molar-refractivity contribution in [2.24, 2.45) is 11.8 Å². The first-order valence-corrected chi connectivity index (χ1v) is 11.3. The van der Waals surface area contributed by atoms with Crippen LogP contribution in [0.1, 0.15) is 75.2 Å². The van der Waals surface area contributed by atoms with E-state index in [2.05, 4.69) is 49.4 Å². The van der Waals surface area contributed by atoms with Crippen LogP contribution < -0.4 is 0 Å². The number of rotatable bonds is 10. The van der Waals surface area contributed by atoms with E-state index in [4.69, 9.17) is 4.74 Å². The molecule has 1 N–H and O–H groups in total. The number of unbranched alkanes of at least 4 members (excludes halogenated alkanes) is 4. The van der Waals surface area contributed by atoms with Crippen molar-refractivity contribution in [3.63, 3.8) is 0 Å². The minimum Gasteiger partial charge on any atom is -0.388 e. The van der Waals surface area contributed by atoms with Crippen LogP contribution in [0, 0.1) is 11.8 Å². The molecular weight excluding hydrogens is 356 g/mol. The van der Waals surface area contributed by atoms with Gasteiger partial charge in [-0.3, -0.25) is 0 Å². The zero-order valence-corrected chi connectivity index (χ0v) is 17.7. The van der Waals surface area contributed by atoms with E-state index >= 15 is 0 Å². The zero-order chi connectivity index (χ0) is 20.3. The fourth-order valence-electron chi connectivity index (χ4n) is 4.40. The quantitative estimate of drug-likeness (QED) is 0.347. The molecular formula is C27H36O2. The first kappa shape index (κ1) is 21.8. The summed E-state index contributed by atoms with van der Waals surface area (Å²) in [7, 11) is 0. The number of benzene rings is 2. The molecule has 0 unspecified atom stereocenters. The molecule has 0 saturated carbocycles. The van der Waals surface area contributed by atoms with Gasteiger partial charge in [0.2, 0.25) is 0 Å². The second-order valence-corrected chi connectivity index (χ2v) is 8.33. The van der Waals surface area contributed by atoms with E-state index < -0.39 is 6.10 Å². The van der Waals surface area contributed by atoms with Crippen LogP contribution in [0.3, 0.4) is 0 Å². The Morgan fingerprint density at radius 3 is 2.41 bits per heavy atom. The third kappa shape index (κ3) is 6.55. The Morgan fingerprint density at radius 2 is 1.69 bits per heavy atom. The van der Waals surface area contributed by atoms with E-state index in [1.807, 2.05) is 30.3 Å². The van der Waals surface area contributed by atoms with E-state index in [1.54, 1.807) is 0 Å². The molecule has 2 nitrogen and oxygen atoms in total. The molecule has 1 saturated heterocycles. The Hall–Kier alpha value is -1.90. The third-order valence-corrected chi connectivity index (χ3v) is 6.07. The van der Waals surface area contributed by atoms with Gasteiger partial charge in [0.25, 0.3) is 0 Å². The monoisotopic (exact) mass is 392 g/mol. The lowest BCUT2D eigenvalue weighted by molar-refractivity contribution is -0.0900. The van der Waals surface area contributed by atoms with Crippen molar-refractivity contribution in [3.05, 3.63) is 83.9 Å². The van der Waals surface area contributed by atoms with Gasteiger partial charge in [0.1, 0.15) is 0 Å². The summed E-state index contributed by atoms with van der Waals surface area (Å²) in [5.74, 6) is 0.529. The van der Waals surface area contributed by atoms with Crippen LogP contribution >= 0.6 is 0 Å². The molecule has 1 aliphatic rings. The van der Waals surface area contributed by atoms with Crippen molar-refractivity contribution in [3.8, 4) is 0 Å². The summed E-state index contributed by atoms with van der Waals surface area (Å²) in [5.41, 5.74) is 2.24. The SMILES string of the molecule is CCCCCC/C=C/C[C@H]1C[C@@H]([C@@H](O)c2ccccc2)CO[C@@H]1c1ccccc1. The molecule has 0 amide bonds. The standard InChI is InChI=1S/C27H36O2/c1-2-3-4-5-6-7-10-19-24-20-25(26(28)22-15-11-8-12-16-22)21-29-27(24)23-17-13-9-14-18-23/h7-18,24-28H,2-6,19-21H2,1H3/b10-7+/t24-,25+,26-,27+/m0/s1. The van der Waals surface area contributed by atoms with E-state index in [1.165, 1.54) is 37.7 Å². The normalized spacial score (nSPS) is 23.3. The highest BCUT2D eigenvalue weighted by Gasteiger charge is 2.35. The minimum absolute atomic E-state index is 0.111. The van der Waals surface area contributed by atoms with Gasteiger partial charge in [-0.25, -0.2) is 0 Å². The average molecular weight is 393 g/mol. The van der Waals surface area contributed by atoms with Crippen molar-refractivity contribution in [1.82, 2.24) is 0 Å². The van der Waals surface area contributed by atoms with Crippen LogP contribution in [-0.2, 0) is 4.74 Å². The van der Waals surface area contributed by atoms with Crippen LogP contribution in [-0.4, -0.2) is 11.7 Å². The van der Waals surface area contributed by atoms with Crippen LogP contribution in [0.2, 0.25) is 0 Å². The number of hydrogen-bond acceptors (Lipinski definition) is 2. The van der Waals surface area contributed by atoms with Gasteiger partial charge in [-0.05, 0) is 42.7 Å². The Morgan fingerprint density at radius 1 is 0.966 bits per heavy atom. The smallest absolute Gasteiger partial charge is 0.0856 e. The van der Waals surface area contributed by atoms with Crippen LogP contribution in [0.4, 0.5) is 0 Å². The van der Waals surface area contributed by atoms with Gasteiger partial charge in [-0.1, -0.05) is 99.0 Å². The third-order valence-electron chi connectivity index (χ3n) is 6.07. The first-order chi connectivity index (χ1) is 14.3. The van der Waals surface area contributed by atoms with Crippen molar-refractivity contribution >= 4 is 0 Å².